The highest BCUT2D eigenvalue weighted by molar-refractivity contribution is 7.91. The minimum absolute atomic E-state index is 0.154. The van der Waals surface area contributed by atoms with Gasteiger partial charge in [0, 0.05) is 17.5 Å². The molecule has 1 aliphatic carbocycles. The summed E-state index contributed by atoms with van der Waals surface area (Å²) in [5.74, 6) is 0. The fraction of sp³-hybridized carbons (Fsp3) is 0.545. The number of nitrogens with two attached hydrogens (primary N) is 1. The van der Waals surface area contributed by atoms with Gasteiger partial charge in [-0.25, -0.2) is 18.4 Å². The maximum Gasteiger partial charge on any atom is 0.315 e. The maximum absolute atomic E-state index is 11.5. The minimum Gasteiger partial charge on any atom is -0.338 e. The number of rotatable bonds is 5. The summed E-state index contributed by atoms with van der Waals surface area (Å²) in [5.41, 5.74) is 0. The summed E-state index contributed by atoms with van der Waals surface area (Å²) in [6.07, 6.45) is 3.88. The van der Waals surface area contributed by atoms with E-state index in [1.165, 1.54) is 12.5 Å². The Morgan fingerprint density at radius 3 is 2.68 bits per heavy atom. The number of urea groups is 1. The summed E-state index contributed by atoms with van der Waals surface area (Å²) in [6.45, 7) is 0.475. The van der Waals surface area contributed by atoms with Crippen LogP contribution in [0.3, 0.4) is 0 Å². The predicted octanol–water partition coefficient (Wildman–Crippen LogP) is 0.790. The molecule has 1 aliphatic rings. The van der Waals surface area contributed by atoms with Crippen LogP contribution in [-0.4, -0.2) is 27.0 Å². The number of sulfonamides is 1. The summed E-state index contributed by atoms with van der Waals surface area (Å²) in [5, 5.41) is 10.7. The van der Waals surface area contributed by atoms with Gasteiger partial charge in [-0.15, -0.1) is 11.3 Å². The standard InChI is InChI=1S/C11H17N3O3S2/c12-19(16,17)10-5-4-9(18-10)6-7-13-11(15)14-8-2-1-3-8/h4-5,8H,1-3,6-7H2,(H2,12,16,17)(H2,13,14,15). The van der Waals surface area contributed by atoms with Crippen LogP contribution in [-0.2, 0) is 16.4 Å². The molecule has 8 heteroatoms. The zero-order valence-corrected chi connectivity index (χ0v) is 12.0. The molecular weight excluding hydrogens is 286 g/mol. The average molecular weight is 303 g/mol. The SMILES string of the molecule is NS(=O)(=O)c1ccc(CCNC(=O)NC2CCC2)s1. The molecule has 4 N–H and O–H groups in total. The van der Waals surface area contributed by atoms with E-state index in [4.69, 9.17) is 5.14 Å². The van der Waals surface area contributed by atoms with Gasteiger partial charge in [-0.3, -0.25) is 0 Å². The summed E-state index contributed by atoms with van der Waals surface area (Å²) >= 11 is 1.14. The molecule has 1 aromatic rings. The predicted molar refractivity (Wildman–Crippen MR) is 73.6 cm³/mol. The lowest BCUT2D eigenvalue weighted by molar-refractivity contribution is 0.228. The molecule has 1 aromatic heterocycles. The van der Waals surface area contributed by atoms with E-state index in [-0.39, 0.29) is 10.2 Å². The number of amides is 2. The molecule has 19 heavy (non-hydrogen) atoms. The van der Waals surface area contributed by atoms with Crippen molar-refractivity contribution >= 4 is 27.4 Å². The second kappa shape index (κ2) is 5.89. The first-order valence-electron chi connectivity index (χ1n) is 6.11. The highest BCUT2D eigenvalue weighted by atomic mass is 32.2. The van der Waals surface area contributed by atoms with Crippen molar-refractivity contribution in [2.45, 2.75) is 35.9 Å². The monoisotopic (exact) mass is 303 g/mol. The van der Waals surface area contributed by atoms with Gasteiger partial charge < -0.3 is 10.6 Å². The van der Waals surface area contributed by atoms with Crippen molar-refractivity contribution < 1.29 is 13.2 Å². The van der Waals surface area contributed by atoms with E-state index in [1.54, 1.807) is 6.07 Å². The second-order valence-corrected chi connectivity index (χ2v) is 7.50. The quantitative estimate of drug-likeness (QED) is 0.749. The van der Waals surface area contributed by atoms with Crippen molar-refractivity contribution in [3.63, 3.8) is 0 Å². The van der Waals surface area contributed by atoms with Gasteiger partial charge >= 0.3 is 6.03 Å². The lowest BCUT2D eigenvalue weighted by Crippen LogP contribution is -2.45. The topological polar surface area (TPSA) is 101 Å². The number of primary sulfonamides is 1. The molecule has 6 nitrogen and oxygen atoms in total. The number of hydrogen-bond acceptors (Lipinski definition) is 4. The molecule has 106 valence electrons. The third kappa shape index (κ3) is 4.19. The Morgan fingerprint density at radius 2 is 2.16 bits per heavy atom. The van der Waals surface area contributed by atoms with Gasteiger partial charge in [-0.2, -0.15) is 0 Å². The fourth-order valence-electron chi connectivity index (χ4n) is 1.73. The summed E-state index contributed by atoms with van der Waals surface area (Å²) < 4.78 is 22.3. The number of hydrogen-bond donors (Lipinski definition) is 3. The Labute approximate surface area is 116 Å². The summed E-state index contributed by atoms with van der Waals surface area (Å²) in [4.78, 5) is 12.3. The summed E-state index contributed by atoms with van der Waals surface area (Å²) in [6, 6.07) is 3.36. The molecule has 1 fully saturated rings. The molecule has 2 rings (SSSR count). The molecule has 0 bridgehead atoms. The Morgan fingerprint density at radius 1 is 1.42 bits per heavy atom. The molecule has 1 heterocycles. The molecule has 0 radical (unpaired) electrons. The smallest absolute Gasteiger partial charge is 0.315 e. The lowest BCUT2D eigenvalue weighted by atomic mass is 9.93. The molecule has 0 aliphatic heterocycles. The minimum atomic E-state index is -3.62. The third-order valence-corrected chi connectivity index (χ3v) is 5.60. The van der Waals surface area contributed by atoms with E-state index in [9.17, 15) is 13.2 Å². The Balaban J connectivity index is 1.73. The van der Waals surface area contributed by atoms with Crippen molar-refractivity contribution in [3.8, 4) is 0 Å². The normalized spacial score (nSPS) is 15.8. The van der Waals surface area contributed by atoms with Crippen molar-refractivity contribution in [1.29, 1.82) is 0 Å². The molecule has 0 unspecified atom stereocenters. The number of carbonyl (C=O) groups is 1. The third-order valence-electron chi connectivity index (χ3n) is 3.01. The van der Waals surface area contributed by atoms with E-state index in [0.29, 0.717) is 19.0 Å². The second-order valence-electron chi connectivity index (χ2n) is 4.54. The van der Waals surface area contributed by atoms with Crippen molar-refractivity contribution in [2.24, 2.45) is 5.14 Å². The maximum atomic E-state index is 11.5. The van der Waals surface area contributed by atoms with Crippen LogP contribution in [0, 0.1) is 0 Å². The van der Waals surface area contributed by atoms with E-state index < -0.39 is 10.0 Å². The molecule has 0 spiro atoms. The van der Waals surface area contributed by atoms with E-state index >= 15 is 0 Å². The van der Waals surface area contributed by atoms with Crippen molar-refractivity contribution in [2.75, 3.05) is 6.54 Å². The fourth-order valence-corrected chi connectivity index (χ4v) is 3.51. The van der Waals surface area contributed by atoms with Gasteiger partial charge in [0.15, 0.2) is 0 Å². The zero-order chi connectivity index (χ0) is 13.9. The van der Waals surface area contributed by atoms with Crippen LogP contribution < -0.4 is 15.8 Å². The average Bonchev–Trinajstić information content (AvgIpc) is 2.72. The number of thiophene rings is 1. The van der Waals surface area contributed by atoms with Gasteiger partial charge in [0.1, 0.15) is 4.21 Å². The van der Waals surface area contributed by atoms with Gasteiger partial charge in [0.05, 0.1) is 0 Å². The summed E-state index contributed by atoms with van der Waals surface area (Å²) in [7, 11) is -3.62. The Kier molecular flexibility index (Phi) is 4.43. The molecule has 0 aromatic carbocycles. The highest BCUT2D eigenvalue weighted by Gasteiger charge is 2.19. The van der Waals surface area contributed by atoms with Gasteiger partial charge in [-0.05, 0) is 37.8 Å². The zero-order valence-electron chi connectivity index (χ0n) is 10.4. The first-order valence-corrected chi connectivity index (χ1v) is 8.47. The van der Waals surface area contributed by atoms with Gasteiger partial charge in [0.2, 0.25) is 10.0 Å². The molecule has 2 amide bonds. The molecule has 0 saturated heterocycles. The molecule has 0 atom stereocenters. The van der Waals surface area contributed by atoms with Gasteiger partial charge in [0.25, 0.3) is 0 Å². The highest BCUT2D eigenvalue weighted by Crippen LogP contribution is 2.20. The van der Waals surface area contributed by atoms with Crippen LogP contribution in [0.2, 0.25) is 0 Å². The number of nitrogens with one attached hydrogen (secondary N) is 2. The van der Waals surface area contributed by atoms with Crippen LogP contribution in [0.5, 0.6) is 0 Å². The Hall–Kier alpha value is -1.12. The van der Waals surface area contributed by atoms with Crippen LogP contribution in [0.4, 0.5) is 4.79 Å². The first kappa shape index (κ1) is 14.3. The first-order chi connectivity index (χ1) is 8.95. The van der Waals surface area contributed by atoms with Crippen LogP contribution in [0.25, 0.3) is 0 Å². The molecular formula is C11H17N3O3S2. The van der Waals surface area contributed by atoms with E-state index in [2.05, 4.69) is 10.6 Å². The van der Waals surface area contributed by atoms with E-state index in [0.717, 1.165) is 29.1 Å². The van der Waals surface area contributed by atoms with Crippen LogP contribution >= 0.6 is 11.3 Å². The van der Waals surface area contributed by atoms with E-state index in [1.807, 2.05) is 0 Å². The van der Waals surface area contributed by atoms with Gasteiger partial charge in [-0.1, -0.05) is 0 Å². The van der Waals surface area contributed by atoms with Crippen molar-refractivity contribution in [1.82, 2.24) is 10.6 Å². The Bertz CT molecular complexity index is 549. The molecule has 1 saturated carbocycles. The van der Waals surface area contributed by atoms with Crippen LogP contribution in [0.15, 0.2) is 16.3 Å². The number of carbonyl (C=O) groups excluding carboxylic acids is 1. The van der Waals surface area contributed by atoms with Crippen molar-refractivity contribution in [3.05, 3.63) is 17.0 Å². The lowest BCUT2D eigenvalue weighted by Gasteiger charge is -2.26. The van der Waals surface area contributed by atoms with Crippen LogP contribution in [0.1, 0.15) is 24.1 Å². The largest absolute Gasteiger partial charge is 0.338 e.